The Labute approximate surface area is 181 Å². The third-order valence-electron chi connectivity index (χ3n) is 4.62. The second-order valence-electron chi connectivity index (χ2n) is 6.49. The molecule has 31 heavy (non-hydrogen) atoms. The van der Waals surface area contributed by atoms with Crippen molar-refractivity contribution >= 4 is 44.4 Å². The molecule has 160 valence electrons. The Balaban J connectivity index is 1.90. The number of amides is 1. The van der Waals surface area contributed by atoms with Crippen molar-refractivity contribution < 1.29 is 28.2 Å². The molecule has 8 nitrogen and oxygen atoms in total. The van der Waals surface area contributed by atoms with Crippen molar-refractivity contribution in [2.75, 3.05) is 20.8 Å². The number of aromatic nitrogens is 1. The number of benzene rings is 2. The van der Waals surface area contributed by atoms with Crippen molar-refractivity contribution in [2.45, 2.75) is 13.5 Å². The molecule has 0 N–H and O–H groups in total. The largest absolute Gasteiger partial charge is 0.495 e. The molecule has 0 aliphatic rings. The van der Waals surface area contributed by atoms with Gasteiger partial charge < -0.3 is 23.2 Å². The van der Waals surface area contributed by atoms with Crippen molar-refractivity contribution in [3.05, 3.63) is 53.0 Å². The molecule has 0 aliphatic carbocycles. The van der Waals surface area contributed by atoms with E-state index in [0.29, 0.717) is 32.1 Å². The summed E-state index contributed by atoms with van der Waals surface area (Å²) >= 11 is 1.22. The van der Waals surface area contributed by atoms with Crippen LogP contribution in [-0.2, 0) is 16.1 Å². The second-order valence-corrected chi connectivity index (χ2v) is 7.47. The van der Waals surface area contributed by atoms with E-state index in [4.69, 9.17) is 18.6 Å². The van der Waals surface area contributed by atoms with E-state index < -0.39 is 11.9 Å². The lowest BCUT2D eigenvalue weighted by atomic mass is 10.2. The van der Waals surface area contributed by atoms with Gasteiger partial charge in [0.2, 0.25) is 0 Å². The van der Waals surface area contributed by atoms with Crippen molar-refractivity contribution in [3.63, 3.8) is 0 Å². The maximum absolute atomic E-state index is 12.9. The van der Waals surface area contributed by atoms with Crippen LogP contribution in [-0.4, -0.2) is 37.3 Å². The third-order valence-corrected chi connectivity index (χ3v) is 5.71. The predicted octanol–water partition coefficient (Wildman–Crippen LogP) is 3.77. The Morgan fingerprint density at radius 1 is 1.10 bits per heavy atom. The lowest BCUT2D eigenvalue weighted by Crippen LogP contribution is -2.23. The Bertz CT molecular complexity index is 1310. The number of para-hydroxylation sites is 1. The van der Waals surface area contributed by atoms with E-state index in [1.54, 1.807) is 42.9 Å². The van der Waals surface area contributed by atoms with Crippen LogP contribution in [0.5, 0.6) is 11.5 Å². The summed E-state index contributed by atoms with van der Waals surface area (Å²) in [5, 5.41) is 0.806. The van der Waals surface area contributed by atoms with Crippen LogP contribution < -0.4 is 14.3 Å². The summed E-state index contributed by atoms with van der Waals surface area (Å²) in [5.74, 6) is 0.202. The number of carbonyl (C=O) groups is 2. The van der Waals surface area contributed by atoms with E-state index in [2.05, 4.69) is 4.99 Å². The number of methoxy groups -OCH3 is 2. The molecule has 0 saturated heterocycles. The standard InChI is InChI=1S/C22H20N2O6S/c1-4-29-18(25)12-24-19-15(27-2)9-10-16(28-3)20(19)31-22(24)23-21(26)17-11-13-7-5-6-8-14(13)30-17/h5-11H,4,12H2,1-3H3. The first kappa shape index (κ1) is 20.7. The molecule has 0 radical (unpaired) electrons. The van der Waals surface area contributed by atoms with Crippen molar-refractivity contribution in [1.29, 1.82) is 0 Å². The Kier molecular flexibility index (Phi) is 5.77. The molecule has 2 aromatic carbocycles. The summed E-state index contributed by atoms with van der Waals surface area (Å²) in [6, 6.07) is 12.5. The van der Waals surface area contributed by atoms with E-state index >= 15 is 0 Å². The predicted molar refractivity (Wildman–Crippen MR) is 116 cm³/mol. The first-order valence-electron chi connectivity index (χ1n) is 9.53. The molecule has 4 rings (SSSR count). The molecule has 4 aromatic rings. The van der Waals surface area contributed by atoms with E-state index in [-0.39, 0.29) is 18.9 Å². The number of fused-ring (bicyclic) bond motifs is 2. The highest BCUT2D eigenvalue weighted by atomic mass is 32.1. The minimum absolute atomic E-state index is 0.111. The number of rotatable bonds is 6. The van der Waals surface area contributed by atoms with Gasteiger partial charge in [0, 0.05) is 5.39 Å². The molecular weight excluding hydrogens is 420 g/mol. The van der Waals surface area contributed by atoms with Crippen LogP contribution in [0.2, 0.25) is 0 Å². The molecule has 0 aliphatic heterocycles. The number of nitrogens with zero attached hydrogens (tertiary/aromatic N) is 2. The van der Waals surface area contributed by atoms with E-state index in [9.17, 15) is 9.59 Å². The molecule has 2 aromatic heterocycles. The smallest absolute Gasteiger partial charge is 0.326 e. The summed E-state index contributed by atoms with van der Waals surface area (Å²) in [5.41, 5.74) is 1.19. The van der Waals surface area contributed by atoms with E-state index in [1.807, 2.05) is 18.2 Å². The van der Waals surface area contributed by atoms with Crippen LogP contribution in [0.15, 0.2) is 51.9 Å². The first-order valence-corrected chi connectivity index (χ1v) is 10.3. The number of thiazole rings is 1. The number of esters is 1. The molecular formula is C22H20N2O6S. The number of ether oxygens (including phenoxy) is 3. The number of hydrogen-bond acceptors (Lipinski definition) is 7. The fourth-order valence-electron chi connectivity index (χ4n) is 3.25. The van der Waals surface area contributed by atoms with Gasteiger partial charge in [-0.05, 0) is 31.2 Å². The second kappa shape index (κ2) is 8.65. The van der Waals surface area contributed by atoms with Crippen LogP contribution in [0.4, 0.5) is 0 Å². The Morgan fingerprint density at radius 2 is 1.84 bits per heavy atom. The van der Waals surface area contributed by atoms with Crippen LogP contribution in [0.3, 0.4) is 0 Å². The zero-order chi connectivity index (χ0) is 22.0. The average Bonchev–Trinajstić information content (AvgIpc) is 3.35. The molecule has 0 fully saturated rings. The number of carbonyl (C=O) groups excluding carboxylic acids is 2. The molecule has 0 spiro atoms. The molecule has 0 unspecified atom stereocenters. The highest BCUT2D eigenvalue weighted by Gasteiger charge is 2.20. The van der Waals surface area contributed by atoms with Crippen molar-refractivity contribution in [2.24, 2.45) is 4.99 Å². The lowest BCUT2D eigenvalue weighted by Gasteiger charge is -2.09. The van der Waals surface area contributed by atoms with E-state index in [1.165, 1.54) is 18.4 Å². The molecule has 1 amide bonds. The molecule has 0 saturated carbocycles. The highest BCUT2D eigenvalue weighted by Crippen LogP contribution is 2.35. The fourth-order valence-corrected chi connectivity index (χ4v) is 4.39. The minimum Gasteiger partial charge on any atom is -0.495 e. The van der Waals surface area contributed by atoms with Gasteiger partial charge in [0.15, 0.2) is 10.6 Å². The van der Waals surface area contributed by atoms with Crippen LogP contribution >= 0.6 is 11.3 Å². The molecule has 0 bridgehead atoms. The highest BCUT2D eigenvalue weighted by molar-refractivity contribution is 7.16. The van der Waals surface area contributed by atoms with Crippen LogP contribution in [0.1, 0.15) is 17.5 Å². The third kappa shape index (κ3) is 3.91. The number of hydrogen-bond donors (Lipinski definition) is 0. The van der Waals surface area contributed by atoms with Gasteiger partial charge in [-0.15, -0.1) is 0 Å². The topological polar surface area (TPSA) is 92.3 Å². The average molecular weight is 440 g/mol. The van der Waals surface area contributed by atoms with Crippen molar-refractivity contribution in [3.8, 4) is 11.5 Å². The van der Waals surface area contributed by atoms with Crippen LogP contribution in [0.25, 0.3) is 21.2 Å². The zero-order valence-electron chi connectivity index (χ0n) is 17.2. The van der Waals surface area contributed by atoms with Crippen LogP contribution in [0, 0.1) is 0 Å². The number of furan rings is 1. The van der Waals surface area contributed by atoms with Gasteiger partial charge in [-0.25, -0.2) is 0 Å². The van der Waals surface area contributed by atoms with Gasteiger partial charge in [-0.1, -0.05) is 29.5 Å². The lowest BCUT2D eigenvalue weighted by molar-refractivity contribution is -0.143. The summed E-state index contributed by atoms with van der Waals surface area (Å²) < 4.78 is 24.0. The molecule has 9 heteroatoms. The van der Waals surface area contributed by atoms with Gasteiger partial charge in [-0.3, -0.25) is 9.59 Å². The van der Waals surface area contributed by atoms with Gasteiger partial charge in [0.05, 0.1) is 20.8 Å². The van der Waals surface area contributed by atoms with Crippen molar-refractivity contribution in [1.82, 2.24) is 4.57 Å². The van der Waals surface area contributed by atoms with Gasteiger partial charge in [0.25, 0.3) is 0 Å². The van der Waals surface area contributed by atoms with Gasteiger partial charge >= 0.3 is 11.9 Å². The Hall–Kier alpha value is -3.59. The summed E-state index contributed by atoms with van der Waals surface area (Å²) in [6.07, 6.45) is 0. The monoisotopic (exact) mass is 440 g/mol. The zero-order valence-corrected chi connectivity index (χ0v) is 18.0. The summed E-state index contributed by atoms with van der Waals surface area (Å²) in [6.45, 7) is 1.84. The first-order chi connectivity index (χ1) is 15.0. The Morgan fingerprint density at radius 3 is 2.55 bits per heavy atom. The molecule has 2 heterocycles. The van der Waals surface area contributed by atoms with E-state index in [0.717, 1.165) is 5.39 Å². The maximum Gasteiger partial charge on any atom is 0.326 e. The molecule has 0 atom stereocenters. The maximum atomic E-state index is 12.9. The van der Waals surface area contributed by atoms with Gasteiger partial charge in [0.1, 0.15) is 33.8 Å². The summed E-state index contributed by atoms with van der Waals surface area (Å²) in [7, 11) is 3.08. The SMILES string of the molecule is CCOC(=O)Cn1c(=NC(=O)c2cc3ccccc3o2)sc2c(OC)ccc(OC)c21. The minimum atomic E-state index is -0.557. The normalized spacial score (nSPS) is 11.8. The quantitative estimate of drug-likeness (QED) is 0.424. The fraction of sp³-hybridized carbons (Fsp3) is 0.227. The van der Waals surface area contributed by atoms with Gasteiger partial charge in [-0.2, -0.15) is 4.99 Å². The summed E-state index contributed by atoms with van der Waals surface area (Å²) in [4.78, 5) is 29.7.